The first-order valence-corrected chi connectivity index (χ1v) is 10.6. The predicted octanol–water partition coefficient (Wildman–Crippen LogP) is 2.58. The van der Waals surface area contributed by atoms with Crippen molar-refractivity contribution >= 4 is 11.8 Å². The highest BCUT2D eigenvalue weighted by atomic mass is 16.6. The molecular formula is C22H28N4O4. The van der Waals surface area contributed by atoms with Gasteiger partial charge in [0, 0.05) is 19.1 Å². The molecule has 1 saturated carbocycles. The number of rotatable bonds is 5. The molecule has 1 unspecified atom stereocenters. The fourth-order valence-corrected chi connectivity index (χ4v) is 4.31. The van der Waals surface area contributed by atoms with Gasteiger partial charge in [0.2, 0.25) is 5.91 Å². The van der Waals surface area contributed by atoms with Gasteiger partial charge < -0.3 is 14.5 Å². The minimum absolute atomic E-state index is 0.0207. The van der Waals surface area contributed by atoms with Crippen LogP contribution in [0, 0.1) is 6.92 Å². The maximum atomic E-state index is 13.1. The van der Waals surface area contributed by atoms with E-state index in [-0.39, 0.29) is 36.2 Å². The number of carbonyl (C=O) groups excluding carboxylic acids is 2. The van der Waals surface area contributed by atoms with E-state index in [9.17, 15) is 9.59 Å². The summed E-state index contributed by atoms with van der Waals surface area (Å²) in [5, 5.41) is 7.43. The van der Waals surface area contributed by atoms with Gasteiger partial charge in [0.1, 0.15) is 12.2 Å². The number of aryl methyl sites for hydroxylation is 1. The maximum Gasteiger partial charge on any atom is 0.278 e. The van der Waals surface area contributed by atoms with Crippen molar-refractivity contribution in [1.82, 2.24) is 20.1 Å². The van der Waals surface area contributed by atoms with E-state index < -0.39 is 0 Å². The first-order chi connectivity index (χ1) is 14.6. The Morgan fingerprint density at radius 3 is 2.60 bits per heavy atom. The predicted molar refractivity (Wildman–Crippen MR) is 109 cm³/mol. The molecule has 30 heavy (non-hydrogen) atoms. The minimum Gasteiger partial charge on any atom is -0.370 e. The van der Waals surface area contributed by atoms with Crippen LogP contribution in [0.4, 0.5) is 0 Å². The summed E-state index contributed by atoms with van der Waals surface area (Å²) >= 11 is 0. The molecule has 4 rings (SSSR count). The molecule has 0 N–H and O–H groups in total. The van der Waals surface area contributed by atoms with Crippen molar-refractivity contribution < 1.29 is 19.0 Å². The van der Waals surface area contributed by atoms with Gasteiger partial charge in [0.05, 0.1) is 12.7 Å². The van der Waals surface area contributed by atoms with E-state index >= 15 is 0 Å². The van der Waals surface area contributed by atoms with Crippen molar-refractivity contribution in [3.63, 3.8) is 0 Å². The second-order valence-electron chi connectivity index (χ2n) is 8.14. The van der Waals surface area contributed by atoms with Crippen LogP contribution < -0.4 is 0 Å². The van der Waals surface area contributed by atoms with Crippen LogP contribution in [-0.4, -0.2) is 63.7 Å². The molecular weight excluding hydrogens is 384 g/mol. The lowest BCUT2D eigenvalue weighted by Gasteiger charge is -2.34. The zero-order valence-corrected chi connectivity index (χ0v) is 17.3. The molecule has 2 fully saturated rings. The third-order valence-corrected chi connectivity index (χ3v) is 5.96. The summed E-state index contributed by atoms with van der Waals surface area (Å²) in [5.41, 5.74) is 1.63. The summed E-state index contributed by atoms with van der Waals surface area (Å²) in [6.07, 6.45) is 5.24. The van der Waals surface area contributed by atoms with E-state index in [1.54, 1.807) is 6.92 Å². The van der Waals surface area contributed by atoms with Gasteiger partial charge in [-0.25, -0.2) is 4.63 Å². The number of aromatic nitrogens is 2. The summed E-state index contributed by atoms with van der Waals surface area (Å²) in [7, 11) is 0. The van der Waals surface area contributed by atoms with Crippen LogP contribution in [0.5, 0.6) is 0 Å². The highest BCUT2D eigenvalue weighted by Crippen LogP contribution is 2.25. The number of carbonyl (C=O) groups is 2. The van der Waals surface area contributed by atoms with E-state index in [1.807, 2.05) is 35.2 Å². The Kier molecular flexibility index (Phi) is 6.42. The molecule has 160 valence electrons. The Bertz CT molecular complexity index is 863. The fourth-order valence-electron chi connectivity index (χ4n) is 4.31. The van der Waals surface area contributed by atoms with Gasteiger partial charge in [-0.05, 0) is 30.5 Å². The van der Waals surface area contributed by atoms with Gasteiger partial charge in [0.15, 0.2) is 5.69 Å². The van der Waals surface area contributed by atoms with E-state index in [1.165, 1.54) is 11.3 Å². The molecule has 2 aliphatic rings. The Labute approximate surface area is 176 Å². The lowest BCUT2D eigenvalue weighted by Crippen LogP contribution is -2.46. The molecule has 1 aliphatic carbocycles. The molecule has 8 nitrogen and oxygen atoms in total. The highest BCUT2D eigenvalue weighted by Gasteiger charge is 2.36. The molecule has 8 heteroatoms. The number of nitrogens with zero attached hydrogens (tertiary/aromatic N) is 4. The zero-order chi connectivity index (χ0) is 20.9. The second kappa shape index (κ2) is 9.38. The van der Waals surface area contributed by atoms with Gasteiger partial charge in [0.25, 0.3) is 5.91 Å². The van der Waals surface area contributed by atoms with Crippen LogP contribution in [-0.2, 0) is 16.1 Å². The molecule has 1 saturated heterocycles. The number of ether oxygens (including phenoxy) is 1. The molecule has 1 atom stereocenters. The summed E-state index contributed by atoms with van der Waals surface area (Å²) in [5.74, 6) is -0.379. The number of benzene rings is 1. The number of amides is 2. The average Bonchev–Trinajstić information content (AvgIpc) is 3.13. The topological polar surface area (TPSA) is 88.8 Å². The smallest absolute Gasteiger partial charge is 0.278 e. The van der Waals surface area contributed by atoms with Crippen molar-refractivity contribution in [1.29, 1.82) is 0 Å². The Morgan fingerprint density at radius 1 is 1.13 bits per heavy atom. The van der Waals surface area contributed by atoms with Crippen molar-refractivity contribution in [3.05, 3.63) is 47.3 Å². The molecule has 1 aromatic heterocycles. The van der Waals surface area contributed by atoms with Gasteiger partial charge in [-0.15, -0.1) is 0 Å². The summed E-state index contributed by atoms with van der Waals surface area (Å²) < 4.78 is 10.9. The molecule has 0 bridgehead atoms. The number of hydrogen-bond donors (Lipinski definition) is 0. The molecule has 0 radical (unpaired) electrons. The van der Waals surface area contributed by atoms with Crippen LogP contribution in [0.15, 0.2) is 35.0 Å². The van der Waals surface area contributed by atoms with Crippen molar-refractivity contribution in [2.75, 3.05) is 19.6 Å². The molecule has 2 aromatic rings. The number of hydrogen-bond acceptors (Lipinski definition) is 6. The lowest BCUT2D eigenvalue weighted by molar-refractivity contribution is -0.134. The van der Waals surface area contributed by atoms with E-state index in [2.05, 4.69) is 14.9 Å². The third-order valence-electron chi connectivity index (χ3n) is 5.96. The standard InChI is InChI=1S/C22H28N4O4/c1-16-21(24-30-23-16)22(28)25-12-19(29-15-17-8-4-2-5-9-17)13-26(20(27)14-25)18-10-6-3-7-11-18/h2,4-5,8-9,18-19H,3,6-7,10-15H2,1H3. The second-order valence-corrected chi connectivity index (χ2v) is 8.14. The maximum absolute atomic E-state index is 13.1. The Balaban J connectivity index is 1.53. The molecule has 1 aliphatic heterocycles. The summed E-state index contributed by atoms with van der Waals surface area (Å²) in [6.45, 7) is 2.95. The molecule has 2 heterocycles. The van der Waals surface area contributed by atoms with E-state index in [0.717, 1.165) is 31.2 Å². The molecule has 0 spiro atoms. The SMILES string of the molecule is Cc1nonc1C(=O)N1CC(=O)N(C2CCCCC2)CC(OCc2ccccc2)C1. The van der Waals surface area contributed by atoms with Gasteiger partial charge in [-0.3, -0.25) is 9.59 Å². The monoisotopic (exact) mass is 412 g/mol. The molecule has 1 aromatic carbocycles. The summed E-state index contributed by atoms with van der Waals surface area (Å²) in [6, 6.07) is 10.1. The Hall–Kier alpha value is -2.74. The van der Waals surface area contributed by atoms with Crippen LogP contribution in [0.2, 0.25) is 0 Å². The van der Waals surface area contributed by atoms with Crippen LogP contribution in [0.25, 0.3) is 0 Å². The first-order valence-electron chi connectivity index (χ1n) is 10.6. The van der Waals surface area contributed by atoms with Crippen LogP contribution in [0.3, 0.4) is 0 Å². The lowest BCUT2D eigenvalue weighted by atomic mass is 9.94. The average molecular weight is 412 g/mol. The van der Waals surface area contributed by atoms with Gasteiger partial charge >= 0.3 is 0 Å². The molecule has 2 amide bonds. The minimum atomic E-state index is -0.346. The van der Waals surface area contributed by atoms with Crippen molar-refractivity contribution in [2.45, 2.75) is 57.8 Å². The van der Waals surface area contributed by atoms with Crippen molar-refractivity contribution in [3.8, 4) is 0 Å². The normalized spacial score (nSPS) is 21.0. The van der Waals surface area contributed by atoms with Crippen molar-refractivity contribution in [2.24, 2.45) is 0 Å². The van der Waals surface area contributed by atoms with Crippen LogP contribution >= 0.6 is 0 Å². The largest absolute Gasteiger partial charge is 0.370 e. The van der Waals surface area contributed by atoms with E-state index in [0.29, 0.717) is 25.4 Å². The zero-order valence-electron chi connectivity index (χ0n) is 17.3. The summed E-state index contributed by atoms with van der Waals surface area (Å²) in [4.78, 5) is 29.6. The first kappa shape index (κ1) is 20.5. The fraction of sp³-hybridized carbons (Fsp3) is 0.545. The van der Waals surface area contributed by atoms with E-state index in [4.69, 9.17) is 4.74 Å². The van der Waals surface area contributed by atoms with Crippen LogP contribution in [0.1, 0.15) is 53.8 Å². The van der Waals surface area contributed by atoms with Gasteiger partial charge in [-0.1, -0.05) is 54.8 Å². The Morgan fingerprint density at radius 2 is 1.90 bits per heavy atom. The highest BCUT2D eigenvalue weighted by molar-refractivity contribution is 5.95. The quantitative estimate of drug-likeness (QED) is 0.750. The third kappa shape index (κ3) is 4.70. The van der Waals surface area contributed by atoms with Gasteiger partial charge in [-0.2, -0.15) is 0 Å².